The molecule has 0 bridgehead atoms. The van der Waals surface area contributed by atoms with Gasteiger partial charge in [0.05, 0.1) is 30.2 Å². The molecular formula is C17H16FN5O2. The van der Waals surface area contributed by atoms with Crippen LogP contribution < -0.4 is 10.6 Å². The molecule has 3 rings (SSSR count). The zero-order valence-electron chi connectivity index (χ0n) is 13.5. The van der Waals surface area contributed by atoms with Crippen LogP contribution in [0, 0.1) is 5.82 Å². The molecule has 2 heterocycles. The third-order valence-corrected chi connectivity index (χ3v) is 3.41. The van der Waals surface area contributed by atoms with Gasteiger partial charge in [0.2, 0.25) is 0 Å². The highest BCUT2D eigenvalue weighted by molar-refractivity contribution is 6.07. The smallest absolute Gasteiger partial charge is 0.275 e. The van der Waals surface area contributed by atoms with E-state index in [0.29, 0.717) is 29.9 Å². The number of carbonyl (C=O) groups excluding carboxylic acids is 1. The average molecular weight is 341 g/mol. The fourth-order valence-corrected chi connectivity index (χ4v) is 2.26. The van der Waals surface area contributed by atoms with Gasteiger partial charge in [-0.25, -0.2) is 14.4 Å². The first-order valence-electron chi connectivity index (χ1n) is 7.58. The van der Waals surface area contributed by atoms with Crippen LogP contribution in [0.3, 0.4) is 0 Å². The fraction of sp³-hybridized carbons (Fsp3) is 0.176. The molecule has 0 aliphatic carbocycles. The number of anilines is 2. The molecule has 128 valence electrons. The van der Waals surface area contributed by atoms with Gasteiger partial charge >= 0.3 is 0 Å². The Morgan fingerprint density at radius 3 is 2.88 bits per heavy atom. The topological polar surface area (TPSA) is 89.0 Å². The van der Waals surface area contributed by atoms with Gasteiger partial charge in [0.25, 0.3) is 5.91 Å². The summed E-state index contributed by atoms with van der Waals surface area (Å²) in [5.41, 5.74) is 0.901. The number of amides is 1. The number of aromatic nitrogens is 3. The Bertz CT molecular complexity index is 886. The predicted molar refractivity (Wildman–Crippen MR) is 92.1 cm³/mol. The number of carbonyl (C=O) groups is 1. The lowest BCUT2D eigenvalue weighted by Crippen LogP contribution is -2.15. The predicted octanol–water partition coefficient (Wildman–Crippen LogP) is 2.47. The second-order valence-electron chi connectivity index (χ2n) is 5.19. The molecule has 1 amide bonds. The lowest BCUT2D eigenvalue weighted by Gasteiger charge is -2.09. The number of nitrogens with one attached hydrogen (secondary N) is 2. The summed E-state index contributed by atoms with van der Waals surface area (Å²) < 4.78 is 18.7. The lowest BCUT2D eigenvalue weighted by atomic mass is 10.2. The summed E-state index contributed by atoms with van der Waals surface area (Å²) >= 11 is 0. The maximum Gasteiger partial charge on any atom is 0.275 e. The van der Waals surface area contributed by atoms with Crippen LogP contribution in [0.5, 0.6) is 0 Å². The van der Waals surface area contributed by atoms with E-state index in [-0.39, 0.29) is 11.4 Å². The number of halogens is 1. The number of fused-ring (bicyclic) bond motifs is 1. The number of pyridine rings is 1. The lowest BCUT2D eigenvalue weighted by molar-refractivity contribution is 0.102. The van der Waals surface area contributed by atoms with Crippen molar-refractivity contribution in [1.82, 2.24) is 15.0 Å². The van der Waals surface area contributed by atoms with Gasteiger partial charge < -0.3 is 15.4 Å². The van der Waals surface area contributed by atoms with Crippen LogP contribution in [0.2, 0.25) is 0 Å². The van der Waals surface area contributed by atoms with Crippen molar-refractivity contribution >= 4 is 28.3 Å². The van der Waals surface area contributed by atoms with E-state index in [2.05, 4.69) is 25.6 Å². The Balaban J connectivity index is 1.76. The molecular weight excluding hydrogens is 325 g/mol. The van der Waals surface area contributed by atoms with Crippen LogP contribution in [0.1, 0.15) is 10.5 Å². The number of rotatable bonds is 6. The summed E-state index contributed by atoms with van der Waals surface area (Å²) in [5, 5.41) is 6.23. The van der Waals surface area contributed by atoms with Crippen LogP contribution in [-0.4, -0.2) is 41.1 Å². The number of hydrogen-bond acceptors (Lipinski definition) is 6. The summed E-state index contributed by atoms with van der Waals surface area (Å²) in [6.45, 7) is 1.11. The summed E-state index contributed by atoms with van der Waals surface area (Å²) in [6.07, 6.45) is 4.38. The van der Waals surface area contributed by atoms with Crippen LogP contribution in [0.4, 0.5) is 15.9 Å². The summed E-state index contributed by atoms with van der Waals surface area (Å²) in [7, 11) is 1.60. The molecule has 0 radical (unpaired) electrons. The Labute approximate surface area is 143 Å². The molecule has 0 aliphatic rings. The van der Waals surface area contributed by atoms with E-state index >= 15 is 0 Å². The molecule has 0 atom stereocenters. The SMILES string of the molecule is COCCNc1cnc(C(=O)Nc2cc(F)cc3cccnc23)cn1. The maximum absolute atomic E-state index is 13.7. The van der Waals surface area contributed by atoms with Crippen molar-refractivity contribution in [3.63, 3.8) is 0 Å². The first kappa shape index (κ1) is 16.7. The van der Waals surface area contributed by atoms with Gasteiger partial charge in [-0.05, 0) is 18.2 Å². The normalized spacial score (nSPS) is 10.6. The van der Waals surface area contributed by atoms with Crippen LogP contribution in [-0.2, 0) is 4.74 Å². The largest absolute Gasteiger partial charge is 0.383 e. The van der Waals surface area contributed by atoms with Crippen LogP contribution in [0.15, 0.2) is 42.9 Å². The number of ether oxygens (including phenoxy) is 1. The van der Waals surface area contributed by atoms with Gasteiger partial charge in [0, 0.05) is 25.2 Å². The van der Waals surface area contributed by atoms with Crippen molar-refractivity contribution in [2.45, 2.75) is 0 Å². The molecule has 0 saturated carbocycles. The number of hydrogen-bond donors (Lipinski definition) is 2. The molecule has 0 spiro atoms. The second kappa shape index (κ2) is 7.63. The Morgan fingerprint density at radius 2 is 2.12 bits per heavy atom. The van der Waals surface area contributed by atoms with Crippen molar-refractivity contribution in [1.29, 1.82) is 0 Å². The first-order valence-corrected chi connectivity index (χ1v) is 7.58. The number of nitrogens with zero attached hydrogens (tertiary/aromatic N) is 3. The van der Waals surface area contributed by atoms with Gasteiger partial charge in [-0.1, -0.05) is 6.07 Å². The third kappa shape index (κ3) is 4.04. The number of benzene rings is 1. The molecule has 0 saturated heterocycles. The number of methoxy groups -OCH3 is 1. The molecule has 2 N–H and O–H groups in total. The van der Waals surface area contributed by atoms with E-state index in [1.165, 1.54) is 24.5 Å². The van der Waals surface area contributed by atoms with Crippen molar-refractivity contribution in [2.75, 3.05) is 30.9 Å². The quantitative estimate of drug-likeness (QED) is 0.670. The van der Waals surface area contributed by atoms with E-state index in [1.54, 1.807) is 25.4 Å². The van der Waals surface area contributed by atoms with Crippen molar-refractivity contribution in [2.24, 2.45) is 0 Å². The van der Waals surface area contributed by atoms with E-state index in [1.807, 2.05) is 0 Å². The molecule has 2 aromatic heterocycles. The van der Waals surface area contributed by atoms with Gasteiger partial charge in [0.15, 0.2) is 0 Å². The highest BCUT2D eigenvalue weighted by Crippen LogP contribution is 2.23. The summed E-state index contributed by atoms with van der Waals surface area (Å²) in [4.78, 5) is 24.7. The Morgan fingerprint density at radius 1 is 1.24 bits per heavy atom. The summed E-state index contributed by atoms with van der Waals surface area (Å²) in [6, 6.07) is 6.01. The average Bonchev–Trinajstić information content (AvgIpc) is 2.62. The summed E-state index contributed by atoms with van der Waals surface area (Å²) in [5.74, 6) is -0.417. The molecule has 0 fully saturated rings. The van der Waals surface area contributed by atoms with E-state index in [9.17, 15) is 9.18 Å². The molecule has 25 heavy (non-hydrogen) atoms. The van der Waals surface area contributed by atoms with Crippen molar-refractivity contribution in [3.8, 4) is 0 Å². The molecule has 8 heteroatoms. The van der Waals surface area contributed by atoms with Crippen molar-refractivity contribution < 1.29 is 13.9 Å². The molecule has 0 unspecified atom stereocenters. The standard InChI is InChI=1S/C17H16FN5O2/c1-25-6-5-19-15-10-21-14(9-22-15)17(24)23-13-8-12(18)7-11-3-2-4-20-16(11)13/h2-4,7-10H,5-6H2,1H3,(H,19,22)(H,23,24). The Kier molecular flexibility index (Phi) is 5.10. The van der Waals surface area contributed by atoms with Gasteiger partial charge in [-0.15, -0.1) is 0 Å². The minimum absolute atomic E-state index is 0.116. The minimum Gasteiger partial charge on any atom is -0.383 e. The van der Waals surface area contributed by atoms with Gasteiger partial charge in [0.1, 0.15) is 17.3 Å². The second-order valence-corrected chi connectivity index (χ2v) is 5.19. The zero-order valence-corrected chi connectivity index (χ0v) is 13.5. The molecule has 1 aromatic carbocycles. The minimum atomic E-state index is -0.492. The van der Waals surface area contributed by atoms with E-state index < -0.39 is 11.7 Å². The fourth-order valence-electron chi connectivity index (χ4n) is 2.26. The first-order chi connectivity index (χ1) is 12.2. The highest BCUT2D eigenvalue weighted by atomic mass is 19.1. The monoisotopic (exact) mass is 341 g/mol. The maximum atomic E-state index is 13.7. The van der Waals surface area contributed by atoms with Crippen LogP contribution in [0.25, 0.3) is 10.9 Å². The molecule has 7 nitrogen and oxygen atoms in total. The highest BCUT2D eigenvalue weighted by Gasteiger charge is 2.12. The molecule has 0 aliphatic heterocycles. The van der Waals surface area contributed by atoms with Crippen molar-refractivity contribution in [3.05, 3.63) is 54.4 Å². The zero-order chi connectivity index (χ0) is 17.6. The van der Waals surface area contributed by atoms with Gasteiger partial charge in [-0.3, -0.25) is 9.78 Å². The van der Waals surface area contributed by atoms with E-state index in [0.717, 1.165) is 0 Å². The Hall–Kier alpha value is -3.13. The molecule has 3 aromatic rings. The van der Waals surface area contributed by atoms with Gasteiger partial charge in [-0.2, -0.15) is 0 Å². The van der Waals surface area contributed by atoms with E-state index in [4.69, 9.17) is 4.74 Å². The third-order valence-electron chi connectivity index (χ3n) is 3.41. The van der Waals surface area contributed by atoms with Crippen LogP contribution >= 0.6 is 0 Å².